The van der Waals surface area contributed by atoms with Gasteiger partial charge in [0.1, 0.15) is 5.72 Å². The molecule has 0 saturated carbocycles. The van der Waals surface area contributed by atoms with E-state index in [2.05, 4.69) is 6.92 Å². The van der Waals surface area contributed by atoms with Crippen LogP contribution in [0.1, 0.15) is 32.3 Å². The van der Waals surface area contributed by atoms with Crippen LogP contribution in [0.25, 0.3) is 0 Å². The summed E-state index contributed by atoms with van der Waals surface area (Å²) in [5.41, 5.74) is -1.14. The van der Waals surface area contributed by atoms with E-state index in [4.69, 9.17) is 0 Å². The molecule has 0 spiro atoms. The van der Waals surface area contributed by atoms with Crippen molar-refractivity contribution in [1.29, 1.82) is 0 Å². The average molecular weight is 420 g/mol. The second kappa shape index (κ2) is 9.47. The highest BCUT2D eigenvalue weighted by Crippen LogP contribution is 2.30. The van der Waals surface area contributed by atoms with Crippen LogP contribution in [0.5, 0.6) is 0 Å². The van der Waals surface area contributed by atoms with E-state index in [0.29, 0.717) is 6.42 Å². The summed E-state index contributed by atoms with van der Waals surface area (Å²) in [5.74, 6) is 0.218. The van der Waals surface area contributed by atoms with Crippen molar-refractivity contribution in [2.45, 2.75) is 43.7 Å². The molecule has 8 heteroatoms. The molecule has 1 N–H and O–H groups in total. The average Bonchev–Trinajstić information content (AvgIpc) is 2.68. The van der Waals surface area contributed by atoms with E-state index >= 15 is 0 Å². The van der Waals surface area contributed by atoms with E-state index in [1.165, 1.54) is 12.1 Å². The monoisotopic (exact) mass is 419 g/mol. The Kier molecular flexibility index (Phi) is 7.51. The van der Waals surface area contributed by atoms with Gasteiger partial charge in [-0.05, 0) is 43.4 Å². The van der Waals surface area contributed by atoms with E-state index in [0.717, 1.165) is 22.0 Å². The van der Waals surface area contributed by atoms with Gasteiger partial charge in [0.15, 0.2) is 0 Å². The fraction of sp³-hybridized carbons (Fsp3) is 0.381. The van der Waals surface area contributed by atoms with Crippen LogP contribution in [-0.4, -0.2) is 35.0 Å². The number of hydrogen-bond donors (Lipinski definition) is 1. The van der Waals surface area contributed by atoms with E-state index in [1.54, 1.807) is 0 Å². The first kappa shape index (κ1) is 23.0. The number of nitro groups is 1. The number of non-ortho nitro benzene ring substituents is 1. The molecule has 157 valence electrons. The highest BCUT2D eigenvalue weighted by Gasteiger charge is 2.41. The summed E-state index contributed by atoms with van der Waals surface area (Å²) in [6.07, 6.45) is 0.581. The lowest BCUT2D eigenvalue weighted by molar-refractivity contribution is -0.384. The van der Waals surface area contributed by atoms with Gasteiger partial charge in [-0.2, -0.15) is 4.31 Å². The smallest absolute Gasteiger partial charge is 0.269 e. The third-order valence-corrected chi connectivity index (χ3v) is 6.71. The summed E-state index contributed by atoms with van der Waals surface area (Å²) in [4.78, 5) is 10.2. The topological polar surface area (TPSA) is 101 Å². The first-order chi connectivity index (χ1) is 13.6. The van der Waals surface area contributed by atoms with Crippen molar-refractivity contribution in [1.82, 2.24) is 4.31 Å². The summed E-state index contributed by atoms with van der Waals surface area (Å²) in [7, 11) is -4.11. The molecule has 1 atom stereocenters. The van der Waals surface area contributed by atoms with Crippen LogP contribution in [0, 0.1) is 23.0 Å². The Bertz CT molecular complexity index is 914. The van der Waals surface area contributed by atoms with Gasteiger partial charge in [0.2, 0.25) is 10.0 Å². The van der Waals surface area contributed by atoms with Crippen LogP contribution in [-0.2, 0) is 16.4 Å². The van der Waals surface area contributed by atoms with Crippen LogP contribution in [0.15, 0.2) is 59.5 Å². The highest BCUT2D eigenvalue weighted by atomic mass is 32.2. The molecular formula is C21H27N2O5S. The summed E-state index contributed by atoms with van der Waals surface area (Å²) in [5, 5.41) is 22.2. The lowest BCUT2D eigenvalue weighted by atomic mass is 9.99. The van der Waals surface area contributed by atoms with Gasteiger partial charge in [-0.1, -0.05) is 44.2 Å². The predicted molar refractivity (Wildman–Crippen MR) is 112 cm³/mol. The summed E-state index contributed by atoms with van der Waals surface area (Å²) in [6, 6.07) is 13.8. The summed E-state index contributed by atoms with van der Waals surface area (Å²) in [6.45, 7) is 7.85. The number of benzene rings is 2. The van der Waals surface area contributed by atoms with Crippen molar-refractivity contribution in [2.24, 2.45) is 5.92 Å². The molecule has 0 aliphatic carbocycles. The molecular weight excluding hydrogens is 392 g/mol. The molecule has 0 aromatic heterocycles. The molecule has 1 unspecified atom stereocenters. The molecule has 0 aliphatic heterocycles. The predicted octanol–water partition coefficient (Wildman–Crippen LogP) is 3.79. The number of nitrogens with zero attached hydrogens (tertiary/aromatic N) is 2. The third-order valence-electron chi connectivity index (χ3n) is 4.74. The van der Waals surface area contributed by atoms with Crippen molar-refractivity contribution in [2.75, 3.05) is 6.54 Å². The summed E-state index contributed by atoms with van der Waals surface area (Å²) >= 11 is 0. The lowest BCUT2D eigenvalue weighted by Crippen LogP contribution is -2.53. The van der Waals surface area contributed by atoms with Gasteiger partial charge in [-0.25, -0.2) is 8.42 Å². The SMILES string of the molecule is [CH2]CC(O)(Cc1ccccc1)N(CCC(C)C)S(=O)(=O)c1ccc([N+](=O)[O-])cc1. The minimum atomic E-state index is -4.11. The quantitative estimate of drug-likeness (QED) is 0.359. The number of aliphatic hydroxyl groups is 1. The second-order valence-electron chi connectivity index (χ2n) is 7.41. The van der Waals surface area contributed by atoms with Crippen LogP contribution < -0.4 is 0 Å². The van der Waals surface area contributed by atoms with Gasteiger partial charge in [-0.15, -0.1) is 0 Å². The van der Waals surface area contributed by atoms with Gasteiger partial charge in [0, 0.05) is 25.1 Å². The zero-order valence-corrected chi connectivity index (χ0v) is 17.5. The van der Waals surface area contributed by atoms with E-state index in [9.17, 15) is 23.6 Å². The zero-order valence-electron chi connectivity index (χ0n) is 16.7. The van der Waals surface area contributed by atoms with Crippen molar-refractivity contribution in [3.63, 3.8) is 0 Å². The van der Waals surface area contributed by atoms with Crippen molar-refractivity contribution >= 4 is 15.7 Å². The molecule has 7 nitrogen and oxygen atoms in total. The van der Waals surface area contributed by atoms with E-state index in [1.807, 2.05) is 44.2 Å². The maximum absolute atomic E-state index is 13.4. The maximum atomic E-state index is 13.4. The number of hydrogen-bond acceptors (Lipinski definition) is 5. The molecule has 0 aliphatic rings. The van der Waals surface area contributed by atoms with Crippen LogP contribution in [0.3, 0.4) is 0 Å². The number of rotatable bonds is 10. The second-order valence-corrected chi connectivity index (χ2v) is 9.27. The Morgan fingerprint density at radius 3 is 2.21 bits per heavy atom. The van der Waals surface area contributed by atoms with Crippen molar-refractivity contribution in [3.8, 4) is 0 Å². The number of nitro benzene ring substituents is 1. The van der Waals surface area contributed by atoms with Gasteiger partial charge >= 0.3 is 0 Å². The molecule has 2 aromatic rings. The van der Waals surface area contributed by atoms with Crippen LogP contribution in [0.2, 0.25) is 0 Å². The normalized spacial score (nSPS) is 14.1. The minimum absolute atomic E-state index is 0.0494. The molecule has 29 heavy (non-hydrogen) atoms. The molecule has 2 aromatic carbocycles. The van der Waals surface area contributed by atoms with E-state index < -0.39 is 20.7 Å². The van der Waals surface area contributed by atoms with E-state index in [-0.39, 0.29) is 35.9 Å². The largest absolute Gasteiger partial charge is 0.374 e. The maximum Gasteiger partial charge on any atom is 0.269 e. The minimum Gasteiger partial charge on any atom is -0.374 e. The molecule has 0 bridgehead atoms. The number of sulfonamides is 1. The first-order valence-electron chi connectivity index (χ1n) is 9.43. The lowest BCUT2D eigenvalue weighted by Gasteiger charge is -2.38. The standard InChI is InChI=1S/C21H27N2O5S/c1-4-21(24,16-18-8-6-5-7-9-18)22(15-14-17(2)3)29(27,28)20-12-10-19(11-13-20)23(25)26/h5-13,17,24H,1,4,14-16H2,2-3H3. The van der Waals surface area contributed by atoms with Gasteiger partial charge in [-0.3, -0.25) is 10.1 Å². The van der Waals surface area contributed by atoms with Crippen molar-refractivity contribution in [3.05, 3.63) is 77.2 Å². The summed E-state index contributed by atoms with van der Waals surface area (Å²) < 4.78 is 27.9. The fourth-order valence-corrected chi connectivity index (χ4v) is 4.70. The molecule has 2 rings (SSSR count). The Labute approximate surface area is 172 Å². The van der Waals surface area contributed by atoms with Gasteiger partial charge in [0.05, 0.1) is 9.82 Å². The van der Waals surface area contributed by atoms with Crippen LogP contribution in [0.4, 0.5) is 5.69 Å². The third kappa shape index (κ3) is 5.62. The highest BCUT2D eigenvalue weighted by molar-refractivity contribution is 7.89. The molecule has 0 amide bonds. The van der Waals surface area contributed by atoms with Crippen molar-refractivity contribution < 1.29 is 18.4 Å². The van der Waals surface area contributed by atoms with Gasteiger partial charge in [0.25, 0.3) is 5.69 Å². The zero-order chi connectivity index (χ0) is 21.7. The molecule has 0 fully saturated rings. The molecule has 1 radical (unpaired) electrons. The molecule has 0 saturated heterocycles. The molecule has 0 heterocycles. The Balaban J connectivity index is 2.47. The Morgan fingerprint density at radius 2 is 1.72 bits per heavy atom. The van der Waals surface area contributed by atoms with Gasteiger partial charge < -0.3 is 5.11 Å². The van der Waals surface area contributed by atoms with Crippen LogP contribution >= 0.6 is 0 Å². The fourth-order valence-electron chi connectivity index (χ4n) is 3.02. The Morgan fingerprint density at radius 1 is 1.14 bits per heavy atom. The Hall–Kier alpha value is -2.29. The first-order valence-corrected chi connectivity index (χ1v) is 10.9.